The molecule has 0 fully saturated rings. The zero-order chi connectivity index (χ0) is 15.2. The maximum atomic E-state index is 12.4. The van der Waals surface area contributed by atoms with E-state index in [2.05, 4.69) is 25.6 Å². The van der Waals surface area contributed by atoms with Crippen LogP contribution in [0.15, 0.2) is 17.4 Å². The van der Waals surface area contributed by atoms with Crippen molar-refractivity contribution in [3.8, 4) is 0 Å². The Morgan fingerprint density at radius 1 is 1.60 bits per heavy atom. The lowest BCUT2D eigenvalue weighted by Gasteiger charge is -2.10. The molecule has 0 aliphatic rings. The van der Waals surface area contributed by atoms with Gasteiger partial charge in [-0.05, 0) is 6.07 Å². The number of alkyl halides is 3. The van der Waals surface area contributed by atoms with E-state index >= 15 is 0 Å². The van der Waals surface area contributed by atoms with Crippen molar-refractivity contribution in [2.75, 3.05) is 19.0 Å². The molecule has 1 heterocycles. The molecule has 20 heavy (non-hydrogen) atoms. The molecule has 0 unspecified atom stereocenters. The molecule has 0 saturated carbocycles. The molecule has 0 saturated heterocycles. The summed E-state index contributed by atoms with van der Waals surface area (Å²) in [4.78, 5) is 19.1. The average Bonchev–Trinajstić information content (AvgIpc) is 2.36. The first-order chi connectivity index (χ1) is 9.34. The number of pyridine rings is 1. The lowest BCUT2D eigenvalue weighted by Crippen LogP contribution is -2.29. The van der Waals surface area contributed by atoms with E-state index in [4.69, 9.17) is 11.6 Å². The van der Waals surface area contributed by atoms with E-state index < -0.39 is 17.6 Å². The molecule has 0 atom stereocenters. The lowest BCUT2D eigenvalue weighted by atomic mass is 10.3. The van der Waals surface area contributed by atoms with E-state index in [9.17, 15) is 18.0 Å². The normalized spacial score (nSPS) is 11.4. The number of rotatable bonds is 5. The summed E-state index contributed by atoms with van der Waals surface area (Å²) in [5, 5.41) is 7.77. The molecule has 0 aromatic carbocycles. The number of halogens is 4. The van der Waals surface area contributed by atoms with Crippen LogP contribution in [-0.4, -0.2) is 30.9 Å². The van der Waals surface area contributed by atoms with Gasteiger partial charge < -0.3 is 15.5 Å². The molecule has 1 aromatic heterocycles. The van der Waals surface area contributed by atoms with Crippen LogP contribution >= 0.6 is 11.6 Å². The zero-order valence-electron chi connectivity index (χ0n) is 10.2. The molecule has 0 aliphatic carbocycles. The number of amides is 1. The van der Waals surface area contributed by atoms with Crippen molar-refractivity contribution in [3.63, 3.8) is 0 Å². The van der Waals surface area contributed by atoms with E-state index in [0.717, 1.165) is 12.4 Å². The Morgan fingerprint density at radius 3 is 2.85 bits per heavy atom. The molecular weight excluding hydrogens is 301 g/mol. The number of carbonyl (C=O) groups is 1. The molecule has 0 radical (unpaired) electrons. The molecule has 10 heteroatoms. The van der Waals surface area contributed by atoms with Crippen LogP contribution in [0.1, 0.15) is 5.56 Å². The first-order valence-corrected chi connectivity index (χ1v) is 5.53. The highest BCUT2D eigenvalue weighted by atomic mass is 35.5. The van der Waals surface area contributed by atoms with Crippen LogP contribution in [0.5, 0.6) is 0 Å². The van der Waals surface area contributed by atoms with Crippen molar-refractivity contribution in [2.45, 2.75) is 6.18 Å². The Kier molecular flexibility index (Phi) is 5.56. The van der Waals surface area contributed by atoms with Crippen molar-refractivity contribution in [1.82, 2.24) is 10.3 Å². The van der Waals surface area contributed by atoms with Crippen LogP contribution < -0.4 is 10.6 Å². The van der Waals surface area contributed by atoms with Crippen molar-refractivity contribution in [1.29, 1.82) is 0 Å². The standard InChI is InChI=1S/C10H10ClF3N4O2/c1-20-18-5-17-8(19)4-16-9-7(11)2-6(3-15-9)10(12,13)14/h2-3,5H,4H2,1H3,(H,15,16)(H,17,18,19). The Morgan fingerprint density at radius 2 is 2.30 bits per heavy atom. The molecule has 1 aromatic rings. The third-order valence-corrected chi connectivity index (χ3v) is 2.26. The van der Waals surface area contributed by atoms with E-state index in [-0.39, 0.29) is 17.4 Å². The Labute approximate surface area is 116 Å². The van der Waals surface area contributed by atoms with Gasteiger partial charge in [0.15, 0.2) is 0 Å². The Balaban J connectivity index is 2.61. The van der Waals surface area contributed by atoms with Gasteiger partial charge in [-0.3, -0.25) is 4.79 Å². The third kappa shape index (κ3) is 4.92. The number of carbonyl (C=O) groups excluding carboxylic acids is 1. The molecule has 110 valence electrons. The predicted octanol–water partition coefficient (Wildman–Crippen LogP) is 1.87. The van der Waals surface area contributed by atoms with Gasteiger partial charge in [0.1, 0.15) is 19.3 Å². The molecular formula is C10H10ClF3N4O2. The van der Waals surface area contributed by atoms with Gasteiger partial charge in [0.05, 0.1) is 17.1 Å². The van der Waals surface area contributed by atoms with Gasteiger partial charge in [0.25, 0.3) is 0 Å². The largest absolute Gasteiger partial charge is 0.417 e. The smallest absolute Gasteiger partial charge is 0.398 e. The van der Waals surface area contributed by atoms with E-state index in [1.54, 1.807) is 0 Å². The summed E-state index contributed by atoms with van der Waals surface area (Å²) in [6.45, 7) is -0.242. The topological polar surface area (TPSA) is 75.6 Å². The Bertz CT molecular complexity index is 508. The molecule has 0 aliphatic heterocycles. The van der Waals surface area contributed by atoms with Gasteiger partial charge in [0, 0.05) is 6.20 Å². The van der Waals surface area contributed by atoms with Crippen LogP contribution in [0.25, 0.3) is 0 Å². The van der Waals surface area contributed by atoms with Crippen LogP contribution in [-0.2, 0) is 15.8 Å². The van der Waals surface area contributed by atoms with Gasteiger partial charge in [-0.15, -0.1) is 0 Å². The van der Waals surface area contributed by atoms with Gasteiger partial charge in [-0.25, -0.2) is 4.98 Å². The first-order valence-electron chi connectivity index (χ1n) is 5.15. The van der Waals surface area contributed by atoms with E-state index in [1.165, 1.54) is 7.11 Å². The van der Waals surface area contributed by atoms with Crippen molar-refractivity contribution < 1.29 is 22.8 Å². The number of hydrogen-bond donors (Lipinski definition) is 2. The van der Waals surface area contributed by atoms with Crippen LogP contribution in [0.2, 0.25) is 5.02 Å². The highest BCUT2D eigenvalue weighted by Gasteiger charge is 2.31. The van der Waals surface area contributed by atoms with Gasteiger partial charge in [-0.1, -0.05) is 16.8 Å². The minimum atomic E-state index is -4.52. The number of aromatic nitrogens is 1. The van der Waals surface area contributed by atoms with Crippen molar-refractivity contribution in [2.24, 2.45) is 5.16 Å². The second kappa shape index (κ2) is 6.94. The predicted molar refractivity (Wildman–Crippen MR) is 66.4 cm³/mol. The second-order valence-corrected chi connectivity index (χ2v) is 3.80. The monoisotopic (exact) mass is 310 g/mol. The van der Waals surface area contributed by atoms with Crippen molar-refractivity contribution in [3.05, 3.63) is 22.8 Å². The molecule has 1 amide bonds. The summed E-state index contributed by atoms with van der Waals surface area (Å²) in [6.07, 6.45) is -2.88. The van der Waals surface area contributed by atoms with Crippen LogP contribution in [0.4, 0.5) is 19.0 Å². The SMILES string of the molecule is CO/N=C/NC(=O)CNc1ncc(C(F)(F)F)cc1Cl. The second-order valence-electron chi connectivity index (χ2n) is 3.39. The highest BCUT2D eigenvalue weighted by molar-refractivity contribution is 6.33. The van der Waals surface area contributed by atoms with Crippen LogP contribution in [0, 0.1) is 0 Å². The van der Waals surface area contributed by atoms with Gasteiger partial charge >= 0.3 is 6.18 Å². The van der Waals surface area contributed by atoms with E-state index in [1.807, 2.05) is 0 Å². The fourth-order valence-corrected chi connectivity index (χ4v) is 1.32. The number of oxime groups is 1. The highest BCUT2D eigenvalue weighted by Crippen LogP contribution is 2.32. The maximum Gasteiger partial charge on any atom is 0.417 e. The minimum Gasteiger partial charge on any atom is -0.398 e. The summed E-state index contributed by atoms with van der Waals surface area (Å²) in [6, 6.07) is 0.723. The fraction of sp³-hybridized carbons (Fsp3) is 0.300. The average molecular weight is 311 g/mol. The third-order valence-electron chi connectivity index (χ3n) is 1.97. The molecule has 2 N–H and O–H groups in total. The van der Waals surface area contributed by atoms with Gasteiger partial charge in [0.2, 0.25) is 5.91 Å². The van der Waals surface area contributed by atoms with Gasteiger partial charge in [-0.2, -0.15) is 13.2 Å². The van der Waals surface area contributed by atoms with E-state index in [0.29, 0.717) is 6.20 Å². The summed E-state index contributed by atoms with van der Waals surface area (Å²) in [7, 11) is 1.30. The molecule has 0 bridgehead atoms. The first kappa shape index (κ1) is 16.0. The summed E-state index contributed by atoms with van der Waals surface area (Å²) >= 11 is 5.64. The summed E-state index contributed by atoms with van der Waals surface area (Å²) < 4.78 is 37.1. The summed E-state index contributed by atoms with van der Waals surface area (Å²) in [5.74, 6) is -0.526. The molecule has 0 spiro atoms. The number of nitrogens with one attached hydrogen (secondary N) is 2. The number of nitrogens with zero attached hydrogens (tertiary/aromatic N) is 2. The zero-order valence-corrected chi connectivity index (χ0v) is 10.9. The minimum absolute atomic E-state index is 0.0292. The lowest BCUT2D eigenvalue weighted by molar-refractivity contribution is -0.137. The van der Waals surface area contributed by atoms with Crippen LogP contribution in [0.3, 0.4) is 0 Å². The quantitative estimate of drug-likeness (QED) is 0.494. The molecule has 1 rings (SSSR count). The fourth-order valence-electron chi connectivity index (χ4n) is 1.09. The maximum absolute atomic E-state index is 12.4. The summed E-state index contributed by atoms with van der Waals surface area (Å²) in [5.41, 5.74) is -0.968. The van der Waals surface area contributed by atoms with Crippen molar-refractivity contribution >= 4 is 29.7 Å². The molecule has 6 nitrogen and oxygen atoms in total. The number of anilines is 1. The Hall–Kier alpha value is -2.03. The number of hydrogen-bond acceptors (Lipinski definition) is 5.